The number of benzene rings is 1. The van der Waals surface area contributed by atoms with E-state index >= 15 is 0 Å². The molecule has 5 nitrogen and oxygen atoms in total. The number of amides is 1. The predicted molar refractivity (Wildman–Crippen MR) is 77.5 cm³/mol. The highest BCUT2D eigenvalue weighted by Gasteiger charge is 2.16. The molecule has 0 aliphatic carbocycles. The Kier molecular flexibility index (Phi) is 4.77. The molecule has 1 atom stereocenters. The lowest BCUT2D eigenvalue weighted by Gasteiger charge is -2.16. The molecule has 0 saturated carbocycles. The molecule has 1 aliphatic heterocycles. The lowest BCUT2D eigenvalue weighted by Crippen LogP contribution is -2.35. The monoisotopic (exact) mass is 296 g/mol. The lowest BCUT2D eigenvalue weighted by molar-refractivity contribution is 0.0934. The van der Waals surface area contributed by atoms with Crippen LogP contribution in [0.15, 0.2) is 29.2 Å². The standard InChI is InChI=1S/C14H20N2O3S/c1-20(18,19)13-6-2-4-11(10-13)14(17)16-12-5-3-8-15-9-7-12/h2,4,6,10,12,15H,3,5,7-9H2,1H3,(H,16,17). The summed E-state index contributed by atoms with van der Waals surface area (Å²) in [4.78, 5) is 12.4. The molecule has 1 aromatic rings. The molecule has 1 heterocycles. The average Bonchev–Trinajstić information content (AvgIpc) is 2.66. The lowest BCUT2D eigenvalue weighted by atomic mass is 10.1. The molecular weight excluding hydrogens is 276 g/mol. The first-order valence-electron chi connectivity index (χ1n) is 6.78. The largest absolute Gasteiger partial charge is 0.349 e. The topological polar surface area (TPSA) is 75.3 Å². The number of carbonyl (C=O) groups is 1. The van der Waals surface area contributed by atoms with Crippen LogP contribution in [0.1, 0.15) is 29.6 Å². The van der Waals surface area contributed by atoms with Crippen LogP contribution in [0, 0.1) is 0 Å². The van der Waals surface area contributed by atoms with E-state index in [9.17, 15) is 13.2 Å². The molecule has 0 spiro atoms. The van der Waals surface area contributed by atoms with Gasteiger partial charge in [0.15, 0.2) is 9.84 Å². The smallest absolute Gasteiger partial charge is 0.251 e. The Morgan fingerprint density at radius 2 is 2.10 bits per heavy atom. The molecule has 0 aromatic heterocycles. The second-order valence-electron chi connectivity index (χ2n) is 5.15. The molecule has 1 aromatic carbocycles. The molecule has 2 rings (SSSR count). The Labute approximate surface area is 119 Å². The molecule has 1 saturated heterocycles. The van der Waals surface area contributed by atoms with E-state index < -0.39 is 9.84 Å². The number of hydrogen-bond acceptors (Lipinski definition) is 4. The van der Waals surface area contributed by atoms with Gasteiger partial charge in [0.05, 0.1) is 4.90 Å². The fourth-order valence-corrected chi connectivity index (χ4v) is 2.97. The Bertz CT molecular complexity index is 576. The van der Waals surface area contributed by atoms with Gasteiger partial charge in [0.2, 0.25) is 0 Å². The highest BCUT2D eigenvalue weighted by atomic mass is 32.2. The van der Waals surface area contributed by atoms with Crippen molar-refractivity contribution >= 4 is 15.7 Å². The fraction of sp³-hybridized carbons (Fsp3) is 0.500. The second-order valence-corrected chi connectivity index (χ2v) is 7.17. The molecule has 1 fully saturated rings. The number of sulfone groups is 1. The minimum absolute atomic E-state index is 0.152. The number of rotatable bonds is 3. The van der Waals surface area contributed by atoms with Crippen molar-refractivity contribution < 1.29 is 13.2 Å². The molecule has 1 amide bonds. The predicted octanol–water partition coefficient (Wildman–Crippen LogP) is 0.962. The zero-order valence-corrected chi connectivity index (χ0v) is 12.4. The van der Waals surface area contributed by atoms with Gasteiger partial charge in [-0.3, -0.25) is 4.79 Å². The summed E-state index contributed by atoms with van der Waals surface area (Å²) in [5, 5.41) is 6.27. The Hall–Kier alpha value is -1.40. The van der Waals surface area contributed by atoms with Gasteiger partial charge in [0, 0.05) is 17.9 Å². The third-order valence-electron chi connectivity index (χ3n) is 3.44. The minimum Gasteiger partial charge on any atom is -0.349 e. The minimum atomic E-state index is -3.29. The summed E-state index contributed by atoms with van der Waals surface area (Å²) in [6.45, 7) is 1.88. The van der Waals surface area contributed by atoms with Crippen LogP contribution in [0.25, 0.3) is 0 Å². The maximum atomic E-state index is 12.2. The summed E-state index contributed by atoms with van der Waals surface area (Å²) in [7, 11) is -3.29. The van der Waals surface area contributed by atoms with Crippen LogP contribution in [0.2, 0.25) is 0 Å². The molecular formula is C14H20N2O3S. The Balaban J connectivity index is 2.09. The van der Waals surface area contributed by atoms with Crippen LogP contribution in [0.4, 0.5) is 0 Å². The molecule has 1 aliphatic rings. The van der Waals surface area contributed by atoms with Gasteiger partial charge < -0.3 is 10.6 Å². The van der Waals surface area contributed by atoms with Crippen molar-refractivity contribution in [2.24, 2.45) is 0 Å². The summed E-state index contributed by atoms with van der Waals surface area (Å²) in [5.41, 5.74) is 0.394. The summed E-state index contributed by atoms with van der Waals surface area (Å²) < 4.78 is 23.0. The summed E-state index contributed by atoms with van der Waals surface area (Å²) in [6.07, 6.45) is 4.03. The van der Waals surface area contributed by atoms with Crippen molar-refractivity contribution in [2.45, 2.75) is 30.2 Å². The molecule has 20 heavy (non-hydrogen) atoms. The van der Waals surface area contributed by atoms with Crippen LogP contribution in [-0.4, -0.2) is 39.7 Å². The van der Waals surface area contributed by atoms with Gasteiger partial charge in [0.1, 0.15) is 0 Å². The SMILES string of the molecule is CS(=O)(=O)c1cccc(C(=O)NC2CCCNCC2)c1. The maximum Gasteiger partial charge on any atom is 0.251 e. The number of carbonyl (C=O) groups excluding carboxylic acids is 1. The van der Waals surface area contributed by atoms with E-state index in [0.29, 0.717) is 5.56 Å². The van der Waals surface area contributed by atoms with Crippen molar-refractivity contribution in [2.75, 3.05) is 19.3 Å². The van der Waals surface area contributed by atoms with Crippen LogP contribution < -0.4 is 10.6 Å². The van der Waals surface area contributed by atoms with Gasteiger partial charge in [-0.1, -0.05) is 6.07 Å². The van der Waals surface area contributed by atoms with Crippen molar-refractivity contribution in [3.8, 4) is 0 Å². The van der Waals surface area contributed by atoms with E-state index in [4.69, 9.17) is 0 Å². The van der Waals surface area contributed by atoms with Crippen LogP contribution in [0.3, 0.4) is 0 Å². The number of nitrogens with one attached hydrogen (secondary N) is 2. The van der Waals surface area contributed by atoms with Gasteiger partial charge >= 0.3 is 0 Å². The highest BCUT2D eigenvalue weighted by molar-refractivity contribution is 7.90. The van der Waals surface area contributed by atoms with Crippen molar-refractivity contribution in [3.05, 3.63) is 29.8 Å². The van der Waals surface area contributed by atoms with E-state index in [1.54, 1.807) is 12.1 Å². The zero-order valence-electron chi connectivity index (χ0n) is 11.6. The zero-order chi connectivity index (χ0) is 14.6. The first kappa shape index (κ1) is 15.0. The first-order valence-corrected chi connectivity index (χ1v) is 8.67. The van der Waals surface area contributed by atoms with Crippen molar-refractivity contribution in [1.82, 2.24) is 10.6 Å². The average molecular weight is 296 g/mol. The third-order valence-corrected chi connectivity index (χ3v) is 4.55. The molecule has 2 N–H and O–H groups in total. The van der Waals surface area contributed by atoms with Crippen molar-refractivity contribution in [3.63, 3.8) is 0 Å². The van der Waals surface area contributed by atoms with E-state index in [-0.39, 0.29) is 16.8 Å². The van der Waals surface area contributed by atoms with Gasteiger partial charge in [-0.2, -0.15) is 0 Å². The van der Waals surface area contributed by atoms with E-state index in [0.717, 1.165) is 38.6 Å². The maximum absolute atomic E-state index is 12.2. The number of hydrogen-bond donors (Lipinski definition) is 2. The Morgan fingerprint density at radius 1 is 1.30 bits per heavy atom. The van der Waals surface area contributed by atoms with Gasteiger partial charge in [-0.25, -0.2) is 8.42 Å². The Morgan fingerprint density at radius 3 is 2.85 bits per heavy atom. The van der Waals surface area contributed by atoms with Crippen LogP contribution in [-0.2, 0) is 9.84 Å². The molecule has 110 valence electrons. The quantitative estimate of drug-likeness (QED) is 0.871. The second kappa shape index (κ2) is 6.37. The van der Waals surface area contributed by atoms with E-state index in [1.807, 2.05) is 0 Å². The van der Waals surface area contributed by atoms with Crippen LogP contribution in [0.5, 0.6) is 0 Å². The van der Waals surface area contributed by atoms with Crippen LogP contribution >= 0.6 is 0 Å². The normalized spacial score (nSPS) is 20.1. The van der Waals surface area contributed by atoms with E-state index in [1.165, 1.54) is 12.1 Å². The highest BCUT2D eigenvalue weighted by Crippen LogP contribution is 2.12. The van der Waals surface area contributed by atoms with Gasteiger partial charge in [-0.15, -0.1) is 0 Å². The summed E-state index contributed by atoms with van der Waals surface area (Å²) in [6, 6.07) is 6.32. The molecule has 0 radical (unpaired) electrons. The first-order chi connectivity index (χ1) is 9.47. The molecule has 6 heteroatoms. The molecule has 1 unspecified atom stereocenters. The fourth-order valence-electron chi connectivity index (χ4n) is 2.30. The van der Waals surface area contributed by atoms with Crippen molar-refractivity contribution in [1.29, 1.82) is 0 Å². The van der Waals surface area contributed by atoms with Gasteiger partial charge in [-0.05, 0) is 50.6 Å². The third kappa shape index (κ3) is 4.05. The molecule has 0 bridgehead atoms. The van der Waals surface area contributed by atoms with Gasteiger partial charge in [0.25, 0.3) is 5.91 Å². The summed E-state index contributed by atoms with van der Waals surface area (Å²) >= 11 is 0. The summed E-state index contributed by atoms with van der Waals surface area (Å²) in [5.74, 6) is -0.206. The van der Waals surface area contributed by atoms with E-state index in [2.05, 4.69) is 10.6 Å².